The van der Waals surface area contributed by atoms with Gasteiger partial charge in [-0.15, -0.1) is 0 Å². The highest BCUT2D eigenvalue weighted by atomic mass is 19.4. The maximum Gasteiger partial charge on any atom is 0.416 e. The number of nitrogens with zero attached hydrogens (tertiary/aromatic N) is 3. The van der Waals surface area contributed by atoms with Crippen LogP contribution in [0.5, 0.6) is 0 Å². The van der Waals surface area contributed by atoms with Crippen molar-refractivity contribution in [1.29, 1.82) is 0 Å². The first-order valence-electron chi connectivity index (χ1n) is 9.33. The number of alkyl halides is 3. The van der Waals surface area contributed by atoms with Crippen LogP contribution in [0.2, 0.25) is 0 Å². The predicted molar refractivity (Wildman–Crippen MR) is 98.5 cm³/mol. The van der Waals surface area contributed by atoms with Crippen molar-refractivity contribution >= 4 is 11.6 Å². The summed E-state index contributed by atoms with van der Waals surface area (Å²) in [6.45, 7) is 6.98. The molecule has 1 aromatic carbocycles. The molecule has 0 aliphatic carbocycles. The summed E-state index contributed by atoms with van der Waals surface area (Å²) in [6.07, 6.45) is -3.35. The molecule has 2 fully saturated rings. The van der Waals surface area contributed by atoms with Crippen LogP contribution in [-0.2, 0) is 11.0 Å². The van der Waals surface area contributed by atoms with Crippen LogP contribution >= 0.6 is 0 Å². The summed E-state index contributed by atoms with van der Waals surface area (Å²) < 4.78 is 38.7. The summed E-state index contributed by atoms with van der Waals surface area (Å²) >= 11 is 0. The number of rotatable bonds is 4. The molecule has 8 heteroatoms. The largest absolute Gasteiger partial charge is 0.416 e. The Hall–Kier alpha value is -1.80. The van der Waals surface area contributed by atoms with Crippen molar-refractivity contribution in [3.05, 3.63) is 29.8 Å². The number of halogens is 3. The summed E-state index contributed by atoms with van der Waals surface area (Å²) in [5.41, 5.74) is 5.81. The molecule has 1 atom stereocenters. The van der Waals surface area contributed by atoms with Crippen LogP contribution in [-0.4, -0.2) is 68.1 Å². The quantitative estimate of drug-likeness (QED) is 0.863. The average Bonchev–Trinajstić information content (AvgIpc) is 3.03. The molecule has 0 spiro atoms. The Bertz CT molecular complexity index is 673. The van der Waals surface area contributed by atoms with Crippen molar-refractivity contribution in [3.8, 4) is 0 Å². The highest BCUT2D eigenvalue weighted by Crippen LogP contribution is 2.32. The number of anilines is 1. The van der Waals surface area contributed by atoms with E-state index < -0.39 is 11.7 Å². The fourth-order valence-electron chi connectivity index (χ4n) is 3.81. The summed E-state index contributed by atoms with van der Waals surface area (Å²) in [5.74, 6) is 0.0833. The van der Waals surface area contributed by atoms with Gasteiger partial charge in [-0.05, 0) is 43.1 Å². The van der Waals surface area contributed by atoms with E-state index in [1.54, 1.807) is 6.07 Å². The van der Waals surface area contributed by atoms with Crippen LogP contribution in [0, 0.1) is 5.41 Å². The molecule has 0 aromatic heterocycles. The van der Waals surface area contributed by atoms with Gasteiger partial charge in [0.2, 0.25) is 5.91 Å². The number of benzene rings is 1. The summed E-state index contributed by atoms with van der Waals surface area (Å²) in [7, 11) is 0. The van der Waals surface area contributed by atoms with Crippen molar-refractivity contribution in [3.63, 3.8) is 0 Å². The van der Waals surface area contributed by atoms with Crippen LogP contribution in [0.1, 0.15) is 18.9 Å². The lowest BCUT2D eigenvalue weighted by atomic mass is 9.90. The fraction of sp³-hybridized carbons (Fsp3) is 0.632. The third kappa shape index (κ3) is 4.73. The van der Waals surface area contributed by atoms with Gasteiger partial charge >= 0.3 is 6.18 Å². The first kappa shape index (κ1) is 19.9. The number of nitrogens with two attached hydrogens (primary N) is 1. The molecule has 5 nitrogen and oxygen atoms in total. The number of carbonyl (C=O) groups excluding carboxylic acids is 1. The molecule has 0 bridgehead atoms. The number of hydrogen-bond acceptors (Lipinski definition) is 4. The van der Waals surface area contributed by atoms with Crippen molar-refractivity contribution in [2.45, 2.75) is 19.5 Å². The summed E-state index contributed by atoms with van der Waals surface area (Å²) in [4.78, 5) is 18.4. The number of likely N-dealkylation sites (tertiary alicyclic amines) is 1. The molecule has 3 rings (SSSR count). The van der Waals surface area contributed by atoms with E-state index >= 15 is 0 Å². The van der Waals surface area contributed by atoms with E-state index in [1.807, 2.05) is 9.80 Å². The van der Waals surface area contributed by atoms with Gasteiger partial charge < -0.3 is 15.5 Å². The van der Waals surface area contributed by atoms with Crippen molar-refractivity contribution in [1.82, 2.24) is 9.80 Å². The van der Waals surface area contributed by atoms with E-state index in [9.17, 15) is 18.0 Å². The molecule has 0 saturated carbocycles. The minimum Gasteiger partial charge on any atom is -0.368 e. The molecule has 27 heavy (non-hydrogen) atoms. The van der Waals surface area contributed by atoms with Gasteiger partial charge in [-0.25, -0.2) is 0 Å². The Morgan fingerprint density at radius 1 is 1.19 bits per heavy atom. The maximum atomic E-state index is 12.9. The van der Waals surface area contributed by atoms with E-state index in [0.29, 0.717) is 45.0 Å². The topological polar surface area (TPSA) is 52.8 Å². The van der Waals surface area contributed by atoms with Crippen LogP contribution in [0.25, 0.3) is 0 Å². The Kier molecular flexibility index (Phi) is 5.67. The van der Waals surface area contributed by atoms with E-state index in [4.69, 9.17) is 5.73 Å². The van der Waals surface area contributed by atoms with Gasteiger partial charge in [0.25, 0.3) is 0 Å². The second-order valence-corrected chi connectivity index (χ2v) is 7.89. The number of piperazine rings is 1. The highest BCUT2D eigenvalue weighted by molar-refractivity contribution is 5.78. The van der Waals surface area contributed by atoms with Crippen molar-refractivity contribution < 1.29 is 18.0 Å². The first-order chi connectivity index (χ1) is 12.7. The Morgan fingerprint density at radius 2 is 1.89 bits per heavy atom. The molecule has 2 saturated heterocycles. The monoisotopic (exact) mass is 384 g/mol. The molecule has 1 amide bonds. The van der Waals surface area contributed by atoms with E-state index in [0.717, 1.165) is 25.6 Å². The molecule has 2 N–H and O–H groups in total. The zero-order chi connectivity index (χ0) is 19.7. The molecular weight excluding hydrogens is 357 g/mol. The second-order valence-electron chi connectivity index (χ2n) is 7.89. The summed E-state index contributed by atoms with van der Waals surface area (Å²) in [6, 6.07) is 5.37. The third-order valence-electron chi connectivity index (χ3n) is 5.66. The van der Waals surface area contributed by atoms with Gasteiger partial charge in [0, 0.05) is 38.4 Å². The lowest BCUT2D eigenvalue weighted by Gasteiger charge is -2.37. The van der Waals surface area contributed by atoms with Crippen LogP contribution < -0.4 is 10.6 Å². The van der Waals surface area contributed by atoms with Gasteiger partial charge in [-0.3, -0.25) is 9.69 Å². The maximum absolute atomic E-state index is 12.9. The number of amides is 1. The van der Waals surface area contributed by atoms with Crippen molar-refractivity contribution in [2.24, 2.45) is 11.1 Å². The smallest absolute Gasteiger partial charge is 0.368 e. The first-order valence-corrected chi connectivity index (χ1v) is 9.33. The molecule has 1 aromatic rings. The minimum atomic E-state index is -4.35. The Morgan fingerprint density at radius 3 is 2.48 bits per heavy atom. The highest BCUT2D eigenvalue weighted by Gasteiger charge is 2.34. The molecular formula is C19H27F3N4O. The standard InChI is InChI=1S/C19H27F3N4O/c1-18(13-23)5-6-24(14-18)12-17(27)26-9-7-25(8-10-26)16-4-2-3-15(11-16)19(20,21)22/h2-4,11H,5-10,12-14,23H2,1H3. The Labute approximate surface area is 157 Å². The normalized spacial score (nSPS) is 24.5. The SMILES string of the molecule is CC1(CN)CCN(CC(=O)N2CCN(c3cccc(C(F)(F)F)c3)CC2)C1. The van der Waals surface area contributed by atoms with E-state index in [2.05, 4.69) is 11.8 Å². The Balaban J connectivity index is 1.52. The van der Waals surface area contributed by atoms with Gasteiger partial charge in [0.05, 0.1) is 12.1 Å². The van der Waals surface area contributed by atoms with Crippen LogP contribution in [0.15, 0.2) is 24.3 Å². The van der Waals surface area contributed by atoms with Gasteiger partial charge in [0.15, 0.2) is 0 Å². The van der Waals surface area contributed by atoms with Gasteiger partial charge in [-0.1, -0.05) is 13.0 Å². The van der Waals surface area contributed by atoms with Crippen molar-refractivity contribution in [2.75, 3.05) is 57.3 Å². The van der Waals surface area contributed by atoms with E-state index in [-0.39, 0.29) is 11.3 Å². The summed E-state index contributed by atoms with van der Waals surface area (Å²) in [5, 5.41) is 0. The fourth-order valence-corrected chi connectivity index (χ4v) is 3.81. The van der Waals surface area contributed by atoms with Gasteiger partial charge in [0.1, 0.15) is 0 Å². The molecule has 1 unspecified atom stereocenters. The average molecular weight is 384 g/mol. The molecule has 0 radical (unpaired) electrons. The molecule has 2 aliphatic rings. The van der Waals surface area contributed by atoms with Gasteiger partial charge in [-0.2, -0.15) is 13.2 Å². The minimum absolute atomic E-state index is 0.0833. The zero-order valence-electron chi connectivity index (χ0n) is 15.6. The third-order valence-corrected chi connectivity index (χ3v) is 5.66. The number of carbonyl (C=O) groups is 1. The molecule has 150 valence electrons. The van der Waals surface area contributed by atoms with Crippen LogP contribution in [0.3, 0.4) is 0 Å². The van der Waals surface area contributed by atoms with Crippen LogP contribution in [0.4, 0.5) is 18.9 Å². The molecule has 2 heterocycles. The molecule has 2 aliphatic heterocycles. The number of hydrogen-bond donors (Lipinski definition) is 1. The predicted octanol–water partition coefficient (Wildman–Crippen LogP) is 2.02. The lowest BCUT2D eigenvalue weighted by molar-refractivity contribution is -0.137. The van der Waals surface area contributed by atoms with E-state index in [1.165, 1.54) is 12.1 Å². The second kappa shape index (κ2) is 7.67. The lowest BCUT2D eigenvalue weighted by Crippen LogP contribution is -2.51. The zero-order valence-corrected chi connectivity index (χ0v) is 15.6.